The molecule has 142 valence electrons. The van der Waals surface area contributed by atoms with Gasteiger partial charge >= 0.3 is 5.97 Å². The lowest BCUT2D eigenvalue weighted by molar-refractivity contribution is -0.137. The Morgan fingerprint density at radius 1 is 1.26 bits per heavy atom. The van der Waals surface area contributed by atoms with E-state index in [1.165, 1.54) is 18.6 Å². The van der Waals surface area contributed by atoms with Crippen LogP contribution in [0.15, 0.2) is 35.5 Å². The minimum atomic E-state index is -0.870. The fourth-order valence-electron chi connectivity index (χ4n) is 3.67. The second-order valence-corrected chi connectivity index (χ2v) is 8.70. The van der Waals surface area contributed by atoms with E-state index in [1.807, 2.05) is 6.07 Å². The number of carboxylic acids is 1. The van der Waals surface area contributed by atoms with Crippen molar-refractivity contribution >= 4 is 17.7 Å². The molecule has 2 atom stereocenters. The third kappa shape index (κ3) is 4.00. The molecule has 2 fully saturated rings. The highest BCUT2D eigenvalue weighted by Crippen LogP contribution is 2.52. The van der Waals surface area contributed by atoms with Crippen LogP contribution in [0.3, 0.4) is 0 Å². The van der Waals surface area contributed by atoms with Gasteiger partial charge in [-0.15, -0.1) is 11.8 Å². The Balaban J connectivity index is 1.57. The highest BCUT2D eigenvalue weighted by molar-refractivity contribution is 8.00. The third-order valence-electron chi connectivity index (χ3n) is 5.51. The van der Waals surface area contributed by atoms with Gasteiger partial charge in [0, 0.05) is 29.0 Å². The number of nitrogens with zero attached hydrogens (tertiary/aromatic N) is 1. The summed E-state index contributed by atoms with van der Waals surface area (Å²) >= 11 is 1.68. The molecule has 0 aliphatic heterocycles. The van der Waals surface area contributed by atoms with E-state index in [4.69, 9.17) is 5.11 Å². The zero-order chi connectivity index (χ0) is 19.0. The quantitative estimate of drug-likeness (QED) is 0.666. The van der Waals surface area contributed by atoms with E-state index >= 15 is 0 Å². The van der Waals surface area contributed by atoms with Crippen LogP contribution >= 0.6 is 11.8 Å². The number of hydrogen-bond acceptors (Lipinski definition) is 3. The lowest BCUT2D eigenvalue weighted by Gasteiger charge is -2.25. The third-order valence-corrected chi connectivity index (χ3v) is 6.87. The van der Waals surface area contributed by atoms with Crippen LogP contribution in [-0.2, 0) is 4.79 Å². The fraction of sp³-hybridized carbons (Fsp3) is 0.429. The van der Waals surface area contributed by atoms with E-state index in [1.54, 1.807) is 24.0 Å². The second kappa shape index (κ2) is 7.58. The fourth-order valence-corrected chi connectivity index (χ4v) is 4.99. The number of halogens is 2. The molecule has 0 spiro atoms. The van der Waals surface area contributed by atoms with Crippen molar-refractivity contribution in [1.29, 1.82) is 0 Å². The smallest absolute Gasteiger partial charge is 0.303 e. The molecule has 2 aromatic rings. The number of hydrogen-bond donors (Lipinski definition) is 1. The molecule has 0 amide bonds. The van der Waals surface area contributed by atoms with E-state index in [9.17, 15) is 13.6 Å². The van der Waals surface area contributed by atoms with Gasteiger partial charge in [-0.05, 0) is 61.3 Å². The second-order valence-electron chi connectivity index (χ2n) is 7.42. The Bertz CT molecular complexity index is 846. The van der Waals surface area contributed by atoms with Gasteiger partial charge in [-0.2, -0.15) is 0 Å². The average Bonchev–Trinajstić information content (AvgIpc) is 3.35. The van der Waals surface area contributed by atoms with Gasteiger partial charge in [-0.3, -0.25) is 4.79 Å². The largest absolute Gasteiger partial charge is 0.481 e. The number of benzene rings is 1. The summed E-state index contributed by atoms with van der Waals surface area (Å²) in [5.41, 5.74) is 1.37. The van der Waals surface area contributed by atoms with Crippen molar-refractivity contribution in [3.63, 3.8) is 0 Å². The van der Waals surface area contributed by atoms with E-state index < -0.39 is 17.6 Å². The molecule has 2 aliphatic rings. The van der Waals surface area contributed by atoms with Crippen molar-refractivity contribution in [3.8, 4) is 11.1 Å². The van der Waals surface area contributed by atoms with Crippen LogP contribution in [0.1, 0.15) is 50.0 Å². The summed E-state index contributed by atoms with van der Waals surface area (Å²) in [4.78, 5) is 15.1. The van der Waals surface area contributed by atoms with Crippen LogP contribution in [0, 0.1) is 17.6 Å². The summed E-state index contributed by atoms with van der Waals surface area (Å²) in [6, 6.07) is 6.43. The molecule has 0 saturated heterocycles. The lowest BCUT2D eigenvalue weighted by Crippen LogP contribution is -2.13. The van der Waals surface area contributed by atoms with Gasteiger partial charge in [-0.25, -0.2) is 13.8 Å². The van der Waals surface area contributed by atoms with Crippen LogP contribution in [0.2, 0.25) is 0 Å². The van der Waals surface area contributed by atoms with Crippen LogP contribution in [-0.4, -0.2) is 21.3 Å². The molecule has 2 saturated carbocycles. The number of thioether (sulfide) groups is 1. The molecule has 2 unspecified atom stereocenters. The first-order chi connectivity index (χ1) is 13.0. The molecular formula is C21H21F2NO2S. The summed E-state index contributed by atoms with van der Waals surface area (Å²) in [6.45, 7) is 0. The van der Waals surface area contributed by atoms with E-state index in [2.05, 4.69) is 4.98 Å². The Kier molecular flexibility index (Phi) is 5.17. The van der Waals surface area contributed by atoms with Gasteiger partial charge < -0.3 is 5.11 Å². The highest BCUT2D eigenvalue weighted by Gasteiger charge is 2.41. The van der Waals surface area contributed by atoms with Crippen LogP contribution < -0.4 is 0 Å². The lowest BCUT2D eigenvalue weighted by atomic mass is 10.00. The predicted molar refractivity (Wildman–Crippen MR) is 101 cm³/mol. The molecule has 4 rings (SSSR count). The predicted octanol–water partition coefficient (Wildman–Crippen LogP) is 5.64. The summed E-state index contributed by atoms with van der Waals surface area (Å²) in [5.74, 6) is -2.12. The van der Waals surface area contributed by atoms with Crippen molar-refractivity contribution in [2.75, 3.05) is 0 Å². The molecule has 1 aromatic heterocycles. The maximum Gasteiger partial charge on any atom is 0.303 e. The zero-order valence-electron chi connectivity index (χ0n) is 14.8. The summed E-state index contributed by atoms with van der Waals surface area (Å²) in [7, 11) is 0. The van der Waals surface area contributed by atoms with Gasteiger partial charge in [-0.1, -0.05) is 12.5 Å². The Morgan fingerprint density at radius 2 is 2.00 bits per heavy atom. The van der Waals surface area contributed by atoms with Gasteiger partial charge in [0.15, 0.2) is 0 Å². The minimum Gasteiger partial charge on any atom is -0.481 e. The van der Waals surface area contributed by atoms with Crippen LogP contribution in [0.4, 0.5) is 8.78 Å². The van der Waals surface area contributed by atoms with Gasteiger partial charge in [0.2, 0.25) is 0 Å². The Hall–Kier alpha value is -1.95. The van der Waals surface area contributed by atoms with Gasteiger partial charge in [0.1, 0.15) is 16.7 Å². The minimum absolute atomic E-state index is 0.0416. The normalized spacial score (nSPS) is 21.7. The Morgan fingerprint density at radius 3 is 2.63 bits per heavy atom. The van der Waals surface area contributed by atoms with Crippen molar-refractivity contribution in [2.45, 2.75) is 54.7 Å². The highest BCUT2D eigenvalue weighted by atomic mass is 32.2. The van der Waals surface area contributed by atoms with Crippen molar-refractivity contribution in [3.05, 3.63) is 47.7 Å². The zero-order valence-corrected chi connectivity index (χ0v) is 15.6. The number of aromatic nitrogens is 1. The van der Waals surface area contributed by atoms with Crippen LogP contribution in [0.5, 0.6) is 0 Å². The molecule has 1 N–H and O–H groups in total. The van der Waals surface area contributed by atoms with Crippen molar-refractivity contribution < 1.29 is 18.7 Å². The van der Waals surface area contributed by atoms with E-state index in [0.29, 0.717) is 23.7 Å². The van der Waals surface area contributed by atoms with Crippen LogP contribution in [0.25, 0.3) is 11.1 Å². The molecular weight excluding hydrogens is 368 g/mol. The van der Waals surface area contributed by atoms with E-state index in [0.717, 1.165) is 23.4 Å². The molecule has 2 aliphatic carbocycles. The monoisotopic (exact) mass is 389 g/mol. The Labute approximate surface area is 161 Å². The molecule has 3 nitrogen and oxygen atoms in total. The summed E-state index contributed by atoms with van der Waals surface area (Å²) in [6.07, 6.45) is 6.40. The molecule has 1 heterocycles. The molecule has 0 radical (unpaired) electrons. The van der Waals surface area contributed by atoms with Crippen molar-refractivity contribution in [2.24, 2.45) is 5.92 Å². The topological polar surface area (TPSA) is 50.2 Å². The van der Waals surface area contributed by atoms with Gasteiger partial charge in [0.05, 0.1) is 0 Å². The summed E-state index contributed by atoms with van der Waals surface area (Å²) < 4.78 is 29.5. The van der Waals surface area contributed by atoms with Crippen molar-refractivity contribution in [1.82, 2.24) is 4.98 Å². The molecule has 0 bridgehead atoms. The SMILES string of the molecule is O=C(O)CCC1CC1c1c(F)cc(-c2cccnc2SC2CCC2)cc1F. The maximum absolute atomic E-state index is 14.7. The standard InChI is InChI=1S/C21H21F2NO2S/c22-17-10-13(15-5-2-8-24-21(15)27-14-3-1-4-14)11-18(23)20(17)16-9-12(16)6-7-19(25)26/h2,5,8,10-12,14,16H,1,3-4,6-7,9H2,(H,25,26). The molecule has 6 heteroatoms. The first-order valence-electron chi connectivity index (χ1n) is 9.35. The molecule has 1 aromatic carbocycles. The average molecular weight is 389 g/mol. The number of pyridine rings is 1. The first-order valence-corrected chi connectivity index (χ1v) is 10.2. The molecule has 27 heavy (non-hydrogen) atoms. The number of carbonyl (C=O) groups is 1. The van der Waals surface area contributed by atoms with Gasteiger partial charge in [0.25, 0.3) is 0 Å². The number of carboxylic acid groups (broad SMARTS) is 1. The first kappa shape index (κ1) is 18.4. The van der Waals surface area contributed by atoms with E-state index in [-0.39, 0.29) is 23.8 Å². The summed E-state index contributed by atoms with van der Waals surface area (Å²) in [5, 5.41) is 10.1. The number of rotatable bonds is 7. The maximum atomic E-state index is 14.7. The number of aliphatic carboxylic acids is 1.